The molecule has 0 radical (unpaired) electrons. The number of aliphatic imine (C=N–C) groups is 1. The van der Waals surface area contributed by atoms with Gasteiger partial charge in [0.15, 0.2) is 5.96 Å². The van der Waals surface area contributed by atoms with E-state index < -0.39 is 5.60 Å². The van der Waals surface area contributed by atoms with E-state index in [-0.39, 0.29) is 6.09 Å². The van der Waals surface area contributed by atoms with Crippen LogP contribution in [0.25, 0.3) is 0 Å². The Hall–Kier alpha value is -1.46. The van der Waals surface area contributed by atoms with Crippen molar-refractivity contribution in [3.8, 4) is 0 Å². The summed E-state index contributed by atoms with van der Waals surface area (Å²) in [5.41, 5.74) is -0.426. The summed E-state index contributed by atoms with van der Waals surface area (Å²) in [4.78, 5) is 20.4. The summed E-state index contributed by atoms with van der Waals surface area (Å²) in [5, 5.41) is 3.47. The van der Waals surface area contributed by atoms with Gasteiger partial charge in [-0.2, -0.15) is 0 Å². The van der Waals surface area contributed by atoms with E-state index in [1.54, 1.807) is 0 Å². The molecule has 6 nitrogen and oxygen atoms in total. The van der Waals surface area contributed by atoms with E-state index in [0.717, 1.165) is 45.0 Å². The summed E-state index contributed by atoms with van der Waals surface area (Å²) >= 11 is 0. The second kappa shape index (κ2) is 9.74. The standard InChI is InChI=1S/C18H36N4O2/c1-7-8-11-21(6)16(19-5)20-14-15-9-12-22(13-10-15)17(23)24-18(2,3)4/h15H,7-14H2,1-6H3,(H,19,20). The van der Waals surface area contributed by atoms with Crippen LogP contribution < -0.4 is 5.32 Å². The highest BCUT2D eigenvalue weighted by molar-refractivity contribution is 5.79. The summed E-state index contributed by atoms with van der Waals surface area (Å²) in [6.07, 6.45) is 4.17. The number of carbonyl (C=O) groups excluding carboxylic acids is 1. The number of rotatable bonds is 5. The molecule has 0 bridgehead atoms. The molecular weight excluding hydrogens is 304 g/mol. The van der Waals surface area contributed by atoms with Gasteiger partial charge in [0.1, 0.15) is 5.60 Å². The molecule has 24 heavy (non-hydrogen) atoms. The third-order valence-corrected chi connectivity index (χ3v) is 4.24. The number of amides is 1. The van der Waals surface area contributed by atoms with Crippen LogP contribution in [0.5, 0.6) is 0 Å². The van der Waals surface area contributed by atoms with Crippen LogP contribution in [0.3, 0.4) is 0 Å². The molecule has 0 aromatic carbocycles. The first-order valence-electron chi connectivity index (χ1n) is 9.16. The van der Waals surface area contributed by atoms with Crippen LogP contribution in [0.1, 0.15) is 53.4 Å². The van der Waals surface area contributed by atoms with Crippen LogP contribution in [-0.2, 0) is 4.74 Å². The summed E-state index contributed by atoms with van der Waals surface area (Å²) < 4.78 is 5.44. The maximum atomic E-state index is 12.1. The highest BCUT2D eigenvalue weighted by atomic mass is 16.6. The monoisotopic (exact) mass is 340 g/mol. The van der Waals surface area contributed by atoms with E-state index in [1.165, 1.54) is 12.8 Å². The van der Waals surface area contributed by atoms with Gasteiger partial charge in [0.25, 0.3) is 0 Å². The van der Waals surface area contributed by atoms with E-state index in [2.05, 4.69) is 29.2 Å². The van der Waals surface area contributed by atoms with Gasteiger partial charge in [0.05, 0.1) is 0 Å². The molecule has 0 aromatic heterocycles. The first-order chi connectivity index (χ1) is 11.3. The number of nitrogens with zero attached hydrogens (tertiary/aromatic N) is 3. The zero-order valence-electron chi connectivity index (χ0n) is 16.4. The average molecular weight is 341 g/mol. The minimum absolute atomic E-state index is 0.191. The molecule has 1 amide bonds. The smallest absolute Gasteiger partial charge is 0.410 e. The molecule has 0 saturated carbocycles. The second-order valence-corrected chi connectivity index (χ2v) is 7.61. The van der Waals surface area contributed by atoms with E-state index >= 15 is 0 Å². The van der Waals surface area contributed by atoms with E-state index in [1.807, 2.05) is 32.7 Å². The molecule has 1 rings (SSSR count). The van der Waals surface area contributed by atoms with Crippen molar-refractivity contribution in [1.29, 1.82) is 0 Å². The van der Waals surface area contributed by atoms with E-state index in [9.17, 15) is 4.79 Å². The van der Waals surface area contributed by atoms with Gasteiger partial charge in [0.2, 0.25) is 0 Å². The largest absolute Gasteiger partial charge is 0.444 e. The first-order valence-corrected chi connectivity index (χ1v) is 9.16. The van der Waals surface area contributed by atoms with Gasteiger partial charge in [-0.3, -0.25) is 4.99 Å². The normalized spacial score (nSPS) is 16.9. The van der Waals surface area contributed by atoms with Crippen molar-refractivity contribution in [2.45, 2.75) is 59.0 Å². The first kappa shape index (κ1) is 20.6. The van der Waals surface area contributed by atoms with Gasteiger partial charge < -0.3 is 19.9 Å². The van der Waals surface area contributed by atoms with Crippen molar-refractivity contribution in [2.24, 2.45) is 10.9 Å². The van der Waals surface area contributed by atoms with Gasteiger partial charge in [-0.05, 0) is 46.0 Å². The number of unbranched alkanes of at least 4 members (excludes halogenated alkanes) is 1. The number of nitrogens with one attached hydrogen (secondary N) is 1. The molecule has 6 heteroatoms. The van der Waals surface area contributed by atoms with Crippen LogP contribution in [0.15, 0.2) is 4.99 Å². The zero-order valence-corrected chi connectivity index (χ0v) is 16.4. The Morgan fingerprint density at radius 1 is 1.33 bits per heavy atom. The van der Waals surface area contributed by atoms with Gasteiger partial charge >= 0.3 is 6.09 Å². The predicted molar refractivity (Wildman–Crippen MR) is 99.4 cm³/mol. The lowest BCUT2D eigenvalue weighted by atomic mass is 9.97. The number of carbonyl (C=O) groups is 1. The molecule has 0 aliphatic carbocycles. The Kier molecular flexibility index (Phi) is 8.36. The number of hydrogen-bond donors (Lipinski definition) is 1. The minimum atomic E-state index is -0.426. The Morgan fingerprint density at radius 3 is 2.46 bits per heavy atom. The Bertz CT molecular complexity index is 410. The van der Waals surface area contributed by atoms with Crippen LogP contribution in [0.2, 0.25) is 0 Å². The Balaban J connectivity index is 2.34. The fourth-order valence-electron chi connectivity index (χ4n) is 2.77. The third-order valence-electron chi connectivity index (χ3n) is 4.24. The molecule has 1 heterocycles. The second-order valence-electron chi connectivity index (χ2n) is 7.61. The van der Waals surface area contributed by atoms with Crippen molar-refractivity contribution < 1.29 is 9.53 Å². The molecule has 0 spiro atoms. The summed E-state index contributed by atoms with van der Waals surface area (Å²) in [7, 11) is 3.91. The molecule has 1 fully saturated rings. The molecule has 0 aromatic rings. The van der Waals surface area contributed by atoms with E-state index in [0.29, 0.717) is 5.92 Å². The maximum absolute atomic E-state index is 12.1. The minimum Gasteiger partial charge on any atom is -0.444 e. The lowest BCUT2D eigenvalue weighted by Gasteiger charge is -2.34. The Labute approximate surface area is 147 Å². The van der Waals surface area contributed by atoms with Crippen LogP contribution >= 0.6 is 0 Å². The molecule has 1 aliphatic rings. The van der Waals surface area contributed by atoms with Crippen LogP contribution in [0, 0.1) is 5.92 Å². The van der Waals surface area contributed by atoms with E-state index in [4.69, 9.17) is 4.74 Å². The van der Waals surface area contributed by atoms with Gasteiger partial charge in [-0.25, -0.2) is 4.79 Å². The molecule has 0 atom stereocenters. The summed E-state index contributed by atoms with van der Waals surface area (Å²) in [5.74, 6) is 1.53. The predicted octanol–water partition coefficient (Wildman–Crippen LogP) is 2.94. The summed E-state index contributed by atoms with van der Waals surface area (Å²) in [6, 6.07) is 0. The number of guanidine groups is 1. The van der Waals surface area contributed by atoms with Crippen molar-refractivity contribution in [3.63, 3.8) is 0 Å². The molecule has 1 saturated heterocycles. The van der Waals surface area contributed by atoms with Crippen LogP contribution in [-0.4, -0.2) is 67.7 Å². The number of hydrogen-bond acceptors (Lipinski definition) is 3. The van der Waals surface area contributed by atoms with Gasteiger partial charge in [0, 0.05) is 40.3 Å². The Morgan fingerprint density at radius 2 is 1.96 bits per heavy atom. The lowest BCUT2D eigenvalue weighted by molar-refractivity contribution is 0.0185. The molecule has 140 valence electrons. The molecular formula is C18H36N4O2. The van der Waals surface area contributed by atoms with Gasteiger partial charge in [-0.1, -0.05) is 13.3 Å². The molecule has 0 unspecified atom stereocenters. The maximum Gasteiger partial charge on any atom is 0.410 e. The van der Waals surface area contributed by atoms with Crippen molar-refractivity contribution in [3.05, 3.63) is 0 Å². The zero-order chi connectivity index (χ0) is 18.2. The number of piperidine rings is 1. The average Bonchev–Trinajstić information content (AvgIpc) is 2.52. The fraction of sp³-hybridized carbons (Fsp3) is 0.889. The quantitative estimate of drug-likeness (QED) is 0.617. The van der Waals surface area contributed by atoms with Crippen molar-refractivity contribution >= 4 is 12.1 Å². The number of likely N-dealkylation sites (tertiary alicyclic amines) is 1. The highest BCUT2D eigenvalue weighted by Gasteiger charge is 2.26. The SMILES string of the molecule is CCCCN(C)C(=NC)NCC1CCN(C(=O)OC(C)(C)C)CC1. The molecule has 1 N–H and O–H groups in total. The number of ether oxygens (including phenoxy) is 1. The fourth-order valence-corrected chi connectivity index (χ4v) is 2.77. The van der Waals surface area contributed by atoms with Crippen molar-refractivity contribution in [2.75, 3.05) is 40.3 Å². The topological polar surface area (TPSA) is 57.2 Å². The summed E-state index contributed by atoms with van der Waals surface area (Å²) in [6.45, 7) is 11.4. The lowest BCUT2D eigenvalue weighted by Crippen LogP contribution is -2.45. The highest BCUT2D eigenvalue weighted by Crippen LogP contribution is 2.19. The van der Waals surface area contributed by atoms with Crippen LogP contribution in [0.4, 0.5) is 4.79 Å². The molecule has 1 aliphatic heterocycles. The van der Waals surface area contributed by atoms with Crippen molar-refractivity contribution in [1.82, 2.24) is 15.1 Å². The third kappa shape index (κ3) is 7.41. The van der Waals surface area contributed by atoms with Gasteiger partial charge in [-0.15, -0.1) is 0 Å².